The van der Waals surface area contributed by atoms with Crippen LogP contribution in [0.1, 0.15) is 5.56 Å². The zero-order chi connectivity index (χ0) is 12.3. The van der Waals surface area contributed by atoms with E-state index in [-0.39, 0.29) is 0 Å². The lowest BCUT2D eigenvalue weighted by Crippen LogP contribution is -1.99. The van der Waals surface area contributed by atoms with Crippen LogP contribution in [0, 0.1) is 0 Å². The minimum atomic E-state index is 0.385. The van der Waals surface area contributed by atoms with Crippen molar-refractivity contribution in [3.05, 3.63) is 47.2 Å². The highest BCUT2D eigenvalue weighted by Gasteiger charge is 2.04. The van der Waals surface area contributed by atoms with Crippen molar-refractivity contribution in [3.8, 4) is 16.9 Å². The second-order valence-electron chi connectivity index (χ2n) is 3.61. The maximum Gasteiger partial charge on any atom is 0.133 e. The van der Waals surface area contributed by atoms with E-state index in [2.05, 4.69) is 4.98 Å². The number of methoxy groups -OCH3 is 1. The van der Waals surface area contributed by atoms with Gasteiger partial charge in [-0.3, -0.25) is 0 Å². The highest BCUT2D eigenvalue weighted by molar-refractivity contribution is 6.30. The molecule has 17 heavy (non-hydrogen) atoms. The van der Waals surface area contributed by atoms with E-state index in [1.807, 2.05) is 30.3 Å². The number of hydrogen-bond acceptors (Lipinski definition) is 3. The van der Waals surface area contributed by atoms with Gasteiger partial charge in [0.05, 0.1) is 7.11 Å². The molecular formula is C13H13ClN2O. The molecule has 0 saturated carbocycles. The molecule has 0 unspecified atom stereocenters. The van der Waals surface area contributed by atoms with E-state index in [9.17, 15) is 0 Å². The quantitative estimate of drug-likeness (QED) is 0.850. The van der Waals surface area contributed by atoms with E-state index >= 15 is 0 Å². The summed E-state index contributed by atoms with van der Waals surface area (Å²) in [5.74, 6) is 0.828. The molecule has 1 aromatic heterocycles. The van der Waals surface area contributed by atoms with Gasteiger partial charge in [-0.25, -0.2) is 4.98 Å². The first-order valence-corrected chi connectivity index (χ1v) is 5.61. The molecule has 0 fully saturated rings. The van der Waals surface area contributed by atoms with Crippen LogP contribution in [0.3, 0.4) is 0 Å². The SMILES string of the molecule is COc1ccc(-c2cnc(Cl)c(CN)c2)cc1. The van der Waals surface area contributed by atoms with Gasteiger partial charge in [0.1, 0.15) is 10.9 Å². The first kappa shape index (κ1) is 11.9. The number of rotatable bonds is 3. The van der Waals surface area contributed by atoms with Crippen LogP contribution in [0.15, 0.2) is 36.5 Å². The standard InChI is InChI=1S/C13H13ClN2O/c1-17-12-4-2-9(3-5-12)11-6-10(7-15)13(14)16-8-11/h2-6,8H,7,15H2,1H3. The van der Waals surface area contributed by atoms with Crippen molar-refractivity contribution < 1.29 is 4.74 Å². The van der Waals surface area contributed by atoms with Gasteiger partial charge in [0, 0.05) is 23.9 Å². The lowest BCUT2D eigenvalue weighted by molar-refractivity contribution is 0.415. The number of halogens is 1. The molecule has 0 amide bonds. The van der Waals surface area contributed by atoms with Crippen LogP contribution in [-0.2, 0) is 6.54 Å². The maximum atomic E-state index is 5.92. The number of ether oxygens (including phenoxy) is 1. The van der Waals surface area contributed by atoms with Gasteiger partial charge in [-0.1, -0.05) is 23.7 Å². The first-order valence-electron chi connectivity index (χ1n) is 5.23. The van der Waals surface area contributed by atoms with E-state index in [0.717, 1.165) is 22.4 Å². The number of nitrogens with zero attached hydrogens (tertiary/aromatic N) is 1. The monoisotopic (exact) mass is 248 g/mol. The number of benzene rings is 1. The van der Waals surface area contributed by atoms with Gasteiger partial charge in [0.2, 0.25) is 0 Å². The van der Waals surface area contributed by atoms with Crippen molar-refractivity contribution >= 4 is 11.6 Å². The molecule has 0 aliphatic carbocycles. The molecule has 0 atom stereocenters. The Hall–Kier alpha value is -1.58. The molecule has 4 heteroatoms. The second kappa shape index (κ2) is 5.17. The van der Waals surface area contributed by atoms with Gasteiger partial charge in [0.15, 0.2) is 0 Å². The van der Waals surface area contributed by atoms with Crippen LogP contribution in [0.25, 0.3) is 11.1 Å². The third kappa shape index (κ3) is 2.57. The van der Waals surface area contributed by atoms with Crippen LogP contribution in [0.2, 0.25) is 5.15 Å². The zero-order valence-electron chi connectivity index (χ0n) is 9.48. The van der Waals surface area contributed by atoms with E-state index < -0.39 is 0 Å². The fourth-order valence-electron chi connectivity index (χ4n) is 1.58. The Morgan fingerprint density at radius 1 is 1.24 bits per heavy atom. The normalized spacial score (nSPS) is 10.3. The van der Waals surface area contributed by atoms with Crippen LogP contribution in [0.4, 0.5) is 0 Å². The number of nitrogens with two attached hydrogens (primary N) is 1. The number of hydrogen-bond donors (Lipinski definition) is 1. The van der Waals surface area contributed by atoms with Crippen molar-refractivity contribution in [2.45, 2.75) is 6.54 Å². The Morgan fingerprint density at radius 3 is 2.53 bits per heavy atom. The van der Waals surface area contributed by atoms with Crippen LogP contribution in [0.5, 0.6) is 5.75 Å². The van der Waals surface area contributed by atoms with Gasteiger partial charge in [-0.15, -0.1) is 0 Å². The van der Waals surface area contributed by atoms with Crippen LogP contribution >= 0.6 is 11.6 Å². The van der Waals surface area contributed by atoms with Gasteiger partial charge >= 0.3 is 0 Å². The highest BCUT2D eigenvalue weighted by Crippen LogP contribution is 2.24. The van der Waals surface area contributed by atoms with Gasteiger partial charge in [-0.2, -0.15) is 0 Å². The third-order valence-electron chi connectivity index (χ3n) is 2.55. The van der Waals surface area contributed by atoms with Crippen molar-refractivity contribution in [2.75, 3.05) is 7.11 Å². The van der Waals surface area contributed by atoms with Crippen LogP contribution < -0.4 is 10.5 Å². The molecule has 2 N–H and O–H groups in total. The molecule has 0 radical (unpaired) electrons. The smallest absolute Gasteiger partial charge is 0.133 e. The lowest BCUT2D eigenvalue weighted by Gasteiger charge is -2.06. The van der Waals surface area contributed by atoms with Gasteiger partial charge in [0.25, 0.3) is 0 Å². The highest BCUT2D eigenvalue weighted by atomic mass is 35.5. The van der Waals surface area contributed by atoms with Crippen molar-refractivity contribution in [2.24, 2.45) is 5.73 Å². The molecule has 1 aromatic carbocycles. The third-order valence-corrected chi connectivity index (χ3v) is 2.90. The summed E-state index contributed by atoms with van der Waals surface area (Å²) in [6.07, 6.45) is 1.74. The maximum absolute atomic E-state index is 5.92. The summed E-state index contributed by atoms with van der Waals surface area (Å²) in [4.78, 5) is 4.12. The average molecular weight is 249 g/mol. The largest absolute Gasteiger partial charge is 0.497 e. The predicted molar refractivity (Wildman–Crippen MR) is 69.1 cm³/mol. The van der Waals surface area contributed by atoms with E-state index in [1.165, 1.54) is 0 Å². The average Bonchev–Trinajstić information content (AvgIpc) is 2.39. The summed E-state index contributed by atoms with van der Waals surface area (Å²) in [6, 6.07) is 9.73. The summed E-state index contributed by atoms with van der Waals surface area (Å²) < 4.78 is 5.11. The lowest BCUT2D eigenvalue weighted by atomic mass is 10.1. The van der Waals surface area contributed by atoms with E-state index in [1.54, 1.807) is 13.3 Å². The molecule has 1 heterocycles. The molecule has 2 rings (SSSR count). The van der Waals surface area contributed by atoms with Crippen molar-refractivity contribution in [1.82, 2.24) is 4.98 Å². The summed E-state index contributed by atoms with van der Waals surface area (Å²) in [5.41, 5.74) is 8.50. The molecule has 0 spiro atoms. The minimum Gasteiger partial charge on any atom is -0.497 e. The number of aromatic nitrogens is 1. The molecule has 0 bridgehead atoms. The molecule has 0 saturated heterocycles. The summed E-state index contributed by atoms with van der Waals surface area (Å²) in [6.45, 7) is 0.385. The molecule has 88 valence electrons. The van der Waals surface area contributed by atoms with Gasteiger partial charge < -0.3 is 10.5 Å². The molecular weight excluding hydrogens is 236 g/mol. The van der Waals surface area contributed by atoms with Crippen molar-refractivity contribution in [1.29, 1.82) is 0 Å². The summed E-state index contributed by atoms with van der Waals surface area (Å²) in [7, 11) is 1.64. The molecule has 0 aliphatic rings. The summed E-state index contributed by atoms with van der Waals surface area (Å²) >= 11 is 5.92. The van der Waals surface area contributed by atoms with E-state index in [0.29, 0.717) is 11.7 Å². The topological polar surface area (TPSA) is 48.1 Å². The fraction of sp³-hybridized carbons (Fsp3) is 0.154. The Kier molecular flexibility index (Phi) is 3.61. The Bertz CT molecular complexity index is 511. The van der Waals surface area contributed by atoms with Crippen molar-refractivity contribution in [3.63, 3.8) is 0 Å². The molecule has 3 nitrogen and oxygen atoms in total. The first-order chi connectivity index (χ1) is 8.24. The zero-order valence-corrected chi connectivity index (χ0v) is 10.2. The van der Waals surface area contributed by atoms with Gasteiger partial charge in [-0.05, 0) is 23.8 Å². The predicted octanol–water partition coefficient (Wildman–Crippen LogP) is 2.87. The Labute approximate surface area is 105 Å². The second-order valence-corrected chi connectivity index (χ2v) is 3.96. The Balaban J connectivity index is 2.38. The molecule has 0 aliphatic heterocycles. The number of pyridine rings is 1. The Morgan fingerprint density at radius 2 is 1.94 bits per heavy atom. The fourth-order valence-corrected chi connectivity index (χ4v) is 1.76. The minimum absolute atomic E-state index is 0.385. The molecule has 2 aromatic rings. The summed E-state index contributed by atoms with van der Waals surface area (Å²) in [5, 5.41) is 0.463. The van der Waals surface area contributed by atoms with Crippen LogP contribution in [-0.4, -0.2) is 12.1 Å². The van der Waals surface area contributed by atoms with E-state index in [4.69, 9.17) is 22.1 Å².